The quantitative estimate of drug-likeness (QED) is 0.685. The predicted octanol–water partition coefficient (Wildman–Crippen LogP) is 4.65. The number of benzene rings is 2. The number of allylic oxidation sites excluding steroid dienone is 2. The van der Waals surface area contributed by atoms with Crippen LogP contribution < -0.4 is 14.2 Å². The van der Waals surface area contributed by atoms with Crippen LogP contribution in [0.25, 0.3) is 0 Å². The van der Waals surface area contributed by atoms with E-state index >= 15 is 0 Å². The van der Waals surface area contributed by atoms with Crippen molar-refractivity contribution in [3.63, 3.8) is 0 Å². The summed E-state index contributed by atoms with van der Waals surface area (Å²) in [6.07, 6.45) is 4.23. The van der Waals surface area contributed by atoms with Gasteiger partial charge in [-0.1, -0.05) is 0 Å². The molecule has 2 aromatic carbocycles. The summed E-state index contributed by atoms with van der Waals surface area (Å²) in [5.74, 6) is 0.174. The molecular formula is C26H31NOSe. The van der Waals surface area contributed by atoms with E-state index in [9.17, 15) is 4.79 Å². The molecule has 29 heavy (non-hydrogen) atoms. The summed E-state index contributed by atoms with van der Waals surface area (Å²) in [5.41, 5.74) is 2.97. The Morgan fingerprint density at radius 2 is 1.45 bits per heavy atom. The van der Waals surface area contributed by atoms with Crippen LogP contribution in [0.3, 0.4) is 0 Å². The Balaban J connectivity index is 1.94. The van der Waals surface area contributed by atoms with Crippen molar-refractivity contribution in [3.05, 3.63) is 77.9 Å². The van der Waals surface area contributed by atoms with Gasteiger partial charge in [0.1, 0.15) is 0 Å². The zero-order chi connectivity index (χ0) is 21.2. The molecule has 0 saturated carbocycles. The minimum atomic E-state index is -0.337. The van der Waals surface area contributed by atoms with E-state index in [4.69, 9.17) is 0 Å². The van der Waals surface area contributed by atoms with Crippen LogP contribution in [-0.4, -0.2) is 26.8 Å². The second kappa shape index (κ2) is 8.34. The first kappa shape index (κ1) is 21.6. The number of carbonyl (C=O) groups excluding carboxylic acids is 1. The van der Waals surface area contributed by atoms with Crippen LogP contribution in [-0.2, 0) is 4.79 Å². The number of Topliss-reactive ketones (excluding diaryl/α,β-unsaturated/α-hetero) is 1. The number of rotatable bonds is 4. The van der Waals surface area contributed by atoms with E-state index in [-0.39, 0.29) is 37.6 Å². The summed E-state index contributed by atoms with van der Waals surface area (Å²) >= 11 is 0.182. The standard InChI is InChI=1S/C26H31NOSe/c1-25(2,3)18-16-20(26(4,5)6)24(28)22(17-18)27-21-14-10-11-15-23(21)29-19-12-8-7-9-13-19/h7-17,22,27H,1-6H3. The minimum absolute atomic E-state index is 0.00930. The van der Waals surface area contributed by atoms with E-state index in [1.54, 1.807) is 0 Å². The number of para-hydroxylation sites is 1. The summed E-state index contributed by atoms with van der Waals surface area (Å²) in [7, 11) is 0. The molecule has 0 spiro atoms. The van der Waals surface area contributed by atoms with Crippen molar-refractivity contribution >= 4 is 35.4 Å². The summed E-state index contributed by atoms with van der Waals surface area (Å²) < 4.78 is 2.59. The van der Waals surface area contributed by atoms with Gasteiger partial charge >= 0.3 is 182 Å². The Kier molecular flexibility index (Phi) is 6.21. The van der Waals surface area contributed by atoms with Gasteiger partial charge in [-0.3, -0.25) is 0 Å². The molecule has 1 aliphatic carbocycles. The van der Waals surface area contributed by atoms with Gasteiger partial charge in [-0.05, 0) is 0 Å². The van der Waals surface area contributed by atoms with Crippen LogP contribution >= 0.6 is 0 Å². The molecule has 2 nitrogen and oxygen atoms in total. The molecule has 2 aromatic rings. The third-order valence-corrected chi connectivity index (χ3v) is 7.31. The third kappa shape index (κ3) is 5.29. The number of hydrogen-bond acceptors (Lipinski definition) is 2. The fourth-order valence-corrected chi connectivity index (χ4v) is 5.27. The zero-order valence-corrected chi connectivity index (χ0v) is 20.0. The van der Waals surface area contributed by atoms with E-state index in [0.29, 0.717) is 0 Å². The third-order valence-electron chi connectivity index (χ3n) is 5.04. The van der Waals surface area contributed by atoms with Gasteiger partial charge in [0, 0.05) is 0 Å². The van der Waals surface area contributed by atoms with Gasteiger partial charge < -0.3 is 0 Å². The van der Waals surface area contributed by atoms with Crippen LogP contribution in [0.5, 0.6) is 0 Å². The molecule has 1 unspecified atom stereocenters. The molecule has 0 bridgehead atoms. The van der Waals surface area contributed by atoms with E-state index < -0.39 is 0 Å². The van der Waals surface area contributed by atoms with Crippen LogP contribution in [0.2, 0.25) is 0 Å². The van der Waals surface area contributed by atoms with Crippen molar-refractivity contribution in [2.45, 2.75) is 47.6 Å². The fraction of sp³-hybridized carbons (Fsp3) is 0.346. The predicted molar refractivity (Wildman–Crippen MR) is 125 cm³/mol. The van der Waals surface area contributed by atoms with Crippen molar-refractivity contribution in [2.75, 3.05) is 5.32 Å². The number of anilines is 1. The second-order valence-corrected chi connectivity index (χ2v) is 11.9. The Labute approximate surface area is 181 Å². The first-order valence-corrected chi connectivity index (χ1v) is 11.8. The molecule has 0 saturated heterocycles. The maximum atomic E-state index is 13.3. The first-order valence-electron chi connectivity index (χ1n) is 10.1. The molecule has 1 aliphatic rings. The van der Waals surface area contributed by atoms with Gasteiger partial charge in [0.2, 0.25) is 0 Å². The van der Waals surface area contributed by atoms with Crippen molar-refractivity contribution in [1.29, 1.82) is 0 Å². The molecule has 152 valence electrons. The Bertz CT molecular complexity index is 943. The fourth-order valence-electron chi connectivity index (χ4n) is 3.32. The molecule has 0 aliphatic heterocycles. The van der Waals surface area contributed by atoms with Crippen molar-refractivity contribution in [2.24, 2.45) is 10.8 Å². The second-order valence-electron chi connectivity index (χ2n) is 9.58. The van der Waals surface area contributed by atoms with Crippen molar-refractivity contribution < 1.29 is 4.79 Å². The van der Waals surface area contributed by atoms with Crippen LogP contribution in [0.1, 0.15) is 41.5 Å². The number of nitrogens with one attached hydrogen (secondary N) is 1. The molecule has 0 fully saturated rings. The normalized spacial score (nSPS) is 17.6. The number of carbonyl (C=O) groups is 1. The molecule has 3 rings (SSSR count). The van der Waals surface area contributed by atoms with E-state index in [1.165, 1.54) is 14.5 Å². The molecule has 0 radical (unpaired) electrons. The Hall–Kier alpha value is -2.09. The van der Waals surface area contributed by atoms with Gasteiger partial charge in [0.25, 0.3) is 0 Å². The van der Waals surface area contributed by atoms with Gasteiger partial charge in [-0.25, -0.2) is 0 Å². The van der Waals surface area contributed by atoms with E-state index in [2.05, 4.69) is 101 Å². The molecule has 0 amide bonds. The Morgan fingerprint density at radius 3 is 2.07 bits per heavy atom. The van der Waals surface area contributed by atoms with Crippen LogP contribution in [0, 0.1) is 10.8 Å². The summed E-state index contributed by atoms with van der Waals surface area (Å²) in [4.78, 5) is 13.3. The average Bonchev–Trinajstić information content (AvgIpc) is 2.64. The molecule has 1 atom stereocenters. The van der Waals surface area contributed by atoms with Crippen molar-refractivity contribution in [1.82, 2.24) is 0 Å². The topological polar surface area (TPSA) is 29.1 Å². The van der Waals surface area contributed by atoms with Gasteiger partial charge in [-0.15, -0.1) is 0 Å². The summed E-state index contributed by atoms with van der Waals surface area (Å²) in [5, 5.41) is 3.57. The van der Waals surface area contributed by atoms with E-state index in [1.807, 2.05) is 12.1 Å². The number of ketones is 1. The first-order chi connectivity index (χ1) is 13.6. The summed E-state index contributed by atoms with van der Waals surface area (Å²) in [6, 6.07) is 18.6. The average molecular weight is 453 g/mol. The molecule has 1 N–H and O–H groups in total. The van der Waals surface area contributed by atoms with Crippen LogP contribution in [0.4, 0.5) is 5.69 Å². The van der Waals surface area contributed by atoms with Crippen molar-refractivity contribution in [3.8, 4) is 0 Å². The molecule has 0 heterocycles. The number of hydrogen-bond donors (Lipinski definition) is 1. The van der Waals surface area contributed by atoms with Gasteiger partial charge in [-0.2, -0.15) is 0 Å². The van der Waals surface area contributed by atoms with Crippen LogP contribution in [0.15, 0.2) is 77.9 Å². The molecule has 0 aromatic heterocycles. The molecule has 3 heteroatoms. The summed E-state index contributed by atoms with van der Waals surface area (Å²) in [6.45, 7) is 13.0. The van der Waals surface area contributed by atoms with Gasteiger partial charge in [0.15, 0.2) is 0 Å². The zero-order valence-electron chi connectivity index (χ0n) is 18.2. The maximum absolute atomic E-state index is 13.3. The van der Waals surface area contributed by atoms with Gasteiger partial charge in [0.05, 0.1) is 0 Å². The monoisotopic (exact) mass is 453 g/mol. The van der Waals surface area contributed by atoms with E-state index in [0.717, 1.165) is 11.3 Å². The Morgan fingerprint density at radius 1 is 0.828 bits per heavy atom. The molecular weight excluding hydrogens is 421 g/mol. The SMILES string of the molecule is CC(C)(C)C1=CC(Nc2ccccc2[Se]c2ccccc2)C(=O)C(C(C)(C)C)=C1.